The van der Waals surface area contributed by atoms with Gasteiger partial charge in [0.15, 0.2) is 16.6 Å². The Morgan fingerprint density at radius 1 is 1.40 bits per heavy atom. The number of carboxylic acid groups (broad SMARTS) is 1. The van der Waals surface area contributed by atoms with Crippen molar-refractivity contribution in [1.29, 1.82) is 0 Å². The van der Waals surface area contributed by atoms with E-state index in [0.717, 1.165) is 24.1 Å². The number of thiazole rings is 1. The molecule has 35 heavy (non-hydrogen) atoms. The monoisotopic (exact) mass is 530 g/mol. The summed E-state index contributed by atoms with van der Waals surface area (Å²) in [5, 5.41) is 14.5. The lowest BCUT2D eigenvalue weighted by atomic mass is 10.0. The highest BCUT2D eigenvalue weighted by Gasteiger charge is 2.49. The average molecular weight is 531 g/mol. The first-order valence-corrected chi connectivity index (χ1v) is 11.4. The minimum absolute atomic E-state index is 0.0272. The van der Waals surface area contributed by atoms with E-state index >= 15 is 0 Å². The highest BCUT2D eigenvalue weighted by molar-refractivity contribution is 7.11. The minimum Gasteiger partial charge on any atom is -0.480 e. The van der Waals surface area contributed by atoms with E-state index in [0.29, 0.717) is 5.01 Å². The zero-order valence-electron chi connectivity index (χ0n) is 18.0. The molecule has 0 bridgehead atoms. The largest absolute Gasteiger partial charge is 0.513 e. The van der Waals surface area contributed by atoms with Crippen LogP contribution in [0.4, 0.5) is 18.0 Å². The van der Waals surface area contributed by atoms with Crippen molar-refractivity contribution in [3.8, 4) is 0 Å². The number of alkyl halides is 2. The molecule has 0 saturated carbocycles. The third kappa shape index (κ3) is 5.41. The number of amidine groups is 1. The van der Waals surface area contributed by atoms with Crippen LogP contribution in [0.3, 0.4) is 0 Å². The van der Waals surface area contributed by atoms with Crippen LogP contribution in [0.2, 0.25) is 5.02 Å². The summed E-state index contributed by atoms with van der Waals surface area (Å²) in [6, 6.07) is 0.934. The summed E-state index contributed by atoms with van der Waals surface area (Å²) < 4.78 is 51.9. The van der Waals surface area contributed by atoms with Crippen LogP contribution in [0.1, 0.15) is 23.0 Å². The number of hydrogen-bond donors (Lipinski definition) is 2. The van der Waals surface area contributed by atoms with E-state index in [1.807, 2.05) is 0 Å². The molecule has 2 aromatic rings. The highest BCUT2D eigenvalue weighted by Crippen LogP contribution is 2.38. The molecule has 186 valence electrons. The average Bonchev–Trinajstić information content (AvgIpc) is 3.42. The molecule has 0 radical (unpaired) electrons. The van der Waals surface area contributed by atoms with Gasteiger partial charge in [-0.25, -0.2) is 27.9 Å². The number of aliphatic imine (C=N–C) groups is 1. The van der Waals surface area contributed by atoms with E-state index in [9.17, 15) is 27.9 Å². The van der Waals surface area contributed by atoms with E-state index in [4.69, 9.17) is 16.3 Å². The normalized spacial score (nSPS) is 21.9. The number of hydrogen-bond acceptors (Lipinski definition) is 9. The molecular weight excluding hydrogens is 513 g/mol. The van der Waals surface area contributed by atoms with Gasteiger partial charge in [0.2, 0.25) is 0 Å². The Balaban J connectivity index is 1.82. The fourth-order valence-corrected chi connectivity index (χ4v) is 4.69. The molecule has 1 aromatic heterocycles. The van der Waals surface area contributed by atoms with Gasteiger partial charge in [-0.3, -0.25) is 9.69 Å². The third-order valence-corrected chi connectivity index (χ3v) is 6.45. The number of halogens is 4. The number of methoxy groups -OCH3 is 1. The predicted octanol–water partition coefficient (Wildman–Crippen LogP) is 3.82. The number of aliphatic carboxylic acids is 1. The summed E-state index contributed by atoms with van der Waals surface area (Å²) in [5.74, 6) is -5.21. The number of benzene rings is 1. The van der Waals surface area contributed by atoms with Gasteiger partial charge in [0.05, 0.1) is 19.4 Å². The van der Waals surface area contributed by atoms with E-state index < -0.39 is 48.9 Å². The lowest BCUT2D eigenvalue weighted by molar-refractivity contribution is -0.142. The molecule has 0 amide bonds. The van der Waals surface area contributed by atoms with Crippen LogP contribution in [0.15, 0.2) is 46.2 Å². The van der Waals surface area contributed by atoms with Gasteiger partial charge in [0, 0.05) is 35.1 Å². The summed E-state index contributed by atoms with van der Waals surface area (Å²) in [7, 11) is 1.07. The molecule has 1 saturated heterocycles. The summed E-state index contributed by atoms with van der Waals surface area (Å²) in [6.45, 7) is -1.19. The lowest BCUT2D eigenvalue weighted by Crippen LogP contribution is -2.43. The van der Waals surface area contributed by atoms with Gasteiger partial charge < -0.3 is 19.9 Å². The number of carbonyl (C=O) groups excluding carboxylic acids is 1. The van der Waals surface area contributed by atoms with E-state index in [2.05, 4.69) is 20.0 Å². The maximum atomic E-state index is 14.1. The van der Waals surface area contributed by atoms with Crippen molar-refractivity contribution in [2.75, 3.05) is 20.2 Å². The van der Waals surface area contributed by atoms with Crippen LogP contribution >= 0.6 is 22.9 Å². The van der Waals surface area contributed by atoms with E-state index in [-0.39, 0.29) is 34.4 Å². The molecule has 4 rings (SSSR count). The topological polar surface area (TPSA) is 113 Å². The first kappa shape index (κ1) is 24.9. The molecule has 2 aliphatic heterocycles. The Bertz CT molecular complexity index is 1210. The van der Waals surface area contributed by atoms with Crippen LogP contribution < -0.4 is 5.32 Å². The molecule has 1 fully saturated rings. The number of nitrogens with zero attached hydrogens (tertiary/aromatic N) is 3. The molecular formula is C21H18ClF3N4O5S. The minimum atomic E-state index is -3.23. The Morgan fingerprint density at radius 3 is 2.80 bits per heavy atom. The molecule has 3 heterocycles. The molecule has 0 unspecified atom stereocenters. The molecule has 2 aliphatic rings. The molecule has 0 spiro atoms. The van der Waals surface area contributed by atoms with Gasteiger partial charge >= 0.3 is 12.1 Å². The van der Waals surface area contributed by atoms with Crippen LogP contribution in [-0.4, -0.2) is 65.1 Å². The van der Waals surface area contributed by atoms with Crippen molar-refractivity contribution in [2.45, 2.75) is 24.4 Å². The van der Waals surface area contributed by atoms with Crippen LogP contribution in [0.5, 0.6) is 0 Å². The zero-order chi connectivity index (χ0) is 25.3. The van der Waals surface area contributed by atoms with Crippen molar-refractivity contribution in [1.82, 2.24) is 15.2 Å². The Morgan fingerprint density at radius 2 is 2.17 bits per heavy atom. The van der Waals surface area contributed by atoms with Gasteiger partial charge in [0.25, 0.3) is 5.92 Å². The fourth-order valence-electron chi connectivity index (χ4n) is 3.84. The van der Waals surface area contributed by atoms with Gasteiger partial charge in [0.1, 0.15) is 17.9 Å². The maximum absolute atomic E-state index is 14.1. The molecule has 9 nitrogen and oxygen atoms in total. The smallest absolute Gasteiger partial charge is 0.480 e. The molecule has 2 N–H and O–H groups in total. The lowest BCUT2D eigenvalue weighted by Gasteiger charge is -2.30. The number of rotatable bonds is 6. The van der Waals surface area contributed by atoms with Crippen LogP contribution in [-0.2, 0) is 14.3 Å². The van der Waals surface area contributed by atoms with E-state index in [1.54, 1.807) is 5.38 Å². The number of carboxylic acids is 1. The van der Waals surface area contributed by atoms with E-state index in [1.165, 1.54) is 23.6 Å². The second-order valence-electron chi connectivity index (χ2n) is 7.73. The van der Waals surface area contributed by atoms with Crippen molar-refractivity contribution >= 4 is 40.9 Å². The standard InChI is InChI=1S/C21H18ClF3N4O5S/c1-33-20(32)34-16-13(8-29-9-21(24,25)7-14(29)19(30)31)27-17(18-26-4-5-35-18)28-15(16)11-3-2-10(23)6-12(11)22/h2-6,14-15H,7-9H2,1H3,(H,27,28)(H,30,31)/t14-,15+/m0/s1. The molecule has 1 aromatic carbocycles. The quantitative estimate of drug-likeness (QED) is 0.542. The van der Waals surface area contributed by atoms with Gasteiger partial charge in [-0.15, -0.1) is 11.3 Å². The molecule has 0 aliphatic carbocycles. The number of likely N-dealkylation sites (tertiary alicyclic amines) is 1. The predicted molar refractivity (Wildman–Crippen MR) is 119 cm³/mol. The van der Waals surface area contributed by atoms with Crippen LogP contribution in [0.25, 0.3) is 0 Å². The highest BCUT2D eigenvalue weighted by atomic mass is 35.5. The van der Waals surface area contributed by atoms with Gasteiger partial charge in [-0.2, -0.15) is 0 Å². The number of ether oxygens (including phenoxy) is 2. The fraction of sp³-hybridized carbons (Fsp3) is 0.333. The van der Waals surface area contributed by atoms with Gasteiger partial charge in [-0.1, -0.05) is 17.7 Å². The Kier molecular flexibility index (Phi) is 7.01. The van der Waals surface area contributed by atoms with Crippen molar-refractivity contribution in [3.05, 3.63) is 62.6 Å². The summed E-state index contributed by atoms with van der Waals surface area (Å²) in [6.07, 6.45) is -0.476. The summed E-state index contributed by atoms with van der Waals surface area (Å²) >= 11 is 7.49. The molecule has 14 heteroatoms. The third-order valence-electron chi connectivity index (χ3n) is 5.34. The summed E-state index contributed by atoms with van der Waals surface area (Å²) in [4.78, 5) is 33.5. The zero-order valence-corrected chi connectivity index (χ0v) is 19.6. The first-order chi connectivity index (χ1) is 16.6. The number of aromatic nitrogens is 1. The van der Waals surface area contributed by atoms with Gasteiger partial charge in [-0.05, 0) is 12.1 Å². The van der Waals surface area contributed by atoms with Crippen molar-refractivity contribution in [3.63, 3.8) is 0 Å². The molecule has 2 atom stereocenters. The Hall–Kier alpha value is -3.16. The second-order valence-corrected chi connectivity index (χ2v) is 9.03. The second kappa shape index (κ2) is 9.84. The SMILES string of the molecule is COC(=O)OC1=C(CN2CC(F)(F)C[C@H]2C(=O)O)NC(c2nccs2)=N[C@@H]1c1ccc(F)cc1Cl. The number of nitrogens with one attached hydrogen (secondary N) is 1. The van der Waals surface area contributed by atoms with Crippen molar-refractivity contribution < 1.29 is 37.3 Å². The summed E-state index contributed by atoms with van der Waals surface area (Å²) in [5.41, 5.74) is 0.325. The van der Waals surface area contributed by atoms with Crippen LogP contribution in [0, 0.1) is 5.82 Å². The Labute approximate surface area is 205 Å². The maximum Gasteiger partial charge on any atom is 0.513 e. The van der Waals surface area contributed by atoms with Crippen molar-refractivity contribution in [2.24, 2.45) is 4.99 Å². The first-order valence-electron chi connectivity index (χ1n) is 10.1. The number of carbonyl (C=O) groups is 2.